The normalized spacial score (nSPS) is 12.2. The van der Waals surface area contributed by atoms with Crippen molar-refractivity contribution in [2.24, 2.45) is 0 Å². The molecule has 0 spiro atoms. The van der Waals surface area contributed by atoms with Crippen LogP contribution in [0.2, 0.25) is 5.02 Å². The summed E-state index contributed by atoms with van der Waals surface area (Å²) < 4.78 is 10.9. The van der Waals surface area contributed by atoms with E-state index in [4.69, 9.17) is 21.1 Å². The van der Waals surface area contributed by atoms with Gasteiger partial charge in [0.2, 0.25) is 0 Å². The van der Waals surface area contributed by atoms with E-state index >= 15 is 0 Å². The molecule has 0 radical (unpaired) electrons. The van der Waals surface area contributed by atoms with E-state index < -0.39 is 6.10 Å². The Morgan fingerprint density at radius 1 is 1.48 bits per heavy atom. The average Bonchev–Trinajstić information content (AvgIpc) is 2.43. The van der Waals surface area contributed by atoms with E-state index in [9.17, 15) is 5.11 Å². The summed E-state index contributed by atoms with van der Waals surface area (Å²) in [6.07, 6.45) is -0.567. The molecule has 5 heteroatoms. The van der Waals surface area contributed by atoms with Crippen molar-refractivity contribution >= 4 is 11.6 Å². The van der Waals surface area contributed by atoms with Gasteiger partial charge in [-0.25, -0.2) is 0 Å². The van der Waals surface area contributed by atoms with Gasteiger partial charge in [-0.15, -0.1) is 0 Å². The first-order valence-corrected chi connectivity index (χ1v) is 7.36. The Hall–Kier alpha value is -1.07. The fraction of sp³-hybridized carbons (Fsp3) is 0.500. The Kier molecular flexibility index (Phi) is 8.38. The summed E-state index contributed by atoms with van der Waals surface area (Å²) in [7, 11) is 0. The number of hydrogen-bond acceptors (Lipinski definition) is 4. The predicted molar refractivity (Wildman–Crippen MR) is 86.2 cm³/mol. The fourth-order valence-electron chi connectivity index (χ4n) is 1.62. The monoisotopic (exact) mass is 313 g/mol. The highest BCUT2D eigenvalue weighted by atomic mass is 35.5. The van der Waals surface area contributed by atoms with Gasteiger partial charge in [0.15, 0.2) is 0 Å². The van der Waals surface area contributed by atoms with Gasteiger partial charge in [-0.1, -0.05) is 23.8 Å². The van der Waals surface area contributed by atoms with Crippen LogP contribution >= 0.6 is 11.6 Å². The van der Waals surface area contributed by atoms with E-state index in [1.54, 1.807) is 12.1 Å². The molecule has 0 amide bonds. The number of nitrogens with one attached hydrogen (secondary N) is 1. The number of aliphatic hydroxyl groups is 1. The number of ether oxygens (including phenoxy) is 2. The number of aliphatic hydroxyl groups excluding tert-OH is 1. The van der Waals surface area contributed by atoms with Gasteiger partial charge in [0.25, 0.3) is 0 Å². The van der Waals surface area contributed by atoms with E-state index in [1.807, 2.05) is 19.9 Å². The lowest BCUT2D eigenvalue weighted by atomic mass is 10.2. The number of aryl methyl sites for hydroxylation is 1. The molecule has 0 aromatic heterocycles. The summed E-state index contributed by atoms with van der Waals surface area (Å²) >= 11 is 5.94. The first-order chi connectivity index (χ1) is 9.99. The average molecular weight is 314 g/mol. The van der Waals surface area contributed by atoms with E-state index in [0.717, 1.165) is 11.1 Å². The van der Waals surface area contributed by atoms with Crippen molar-refractivity contribution in [3.63, 3.8) is 0 Å². The number of hydrogen-bond donors (Lipinski definition) is 2. The Balaban J connectivity index is 2.12. The Morgan fingerprint density at radius 3 is 2.90 bits per heavy atom. The van der Waals surface area contributed by atoms with Crippen LogP contribution in [0, 0.1) is 6.92 Å². The van der Waals surface area contributed by atoms with Crippen LogP contribution in [0.25, 0.3) is 0 Å². The van der Waals surface area contributed by atoms with Crippen LogP contribution in [0.1, 0.15) is 12.5 Å². The quantitative estimate of drug-likeness (QED) is 0.515. The molecular weight excluding hydrogens is 290 g/mol. The van der Waals surface area contributed by atoms with Crippen molar-refractivity contribution in [1.29, 1.82) is 0 Å². The molecule has 0 bridgehead atoms. The summed E-state index contributed by atoms with van der Waals surface area (Å²) in [4.78, 5) is 0. The minimum absolute atomic E-state index is 0.237. The van der Waals surface area contributed by atoms with Crippen LogP contribution in [0.15, 0.2) is 30.4 Å². The van der Waals surface area contributed by atoms with Gasteiger partial charge in [0, 0.05) is 18.1 Å². The SMILES string of the molecule is C=C(C)COCCNCC(O)COc1ccc(Cl)c(C)c1. The van der Waals surface area contributed by atoms with Crippen LogP contribution in [0.4, 0.5) is 0 Å². The van der Waals surface area contributed by atoms with Gasteiger partial charge in [0.05, 0.1) is 13.2 Å². The first-order valence-electron chi connectivity index (χ1n) is 6.99. The molecule has 118 valence electrons. The molecule has 0 aliphatic rings. The van der Waals surface area contributed by atoms with Gasteiger partial charge in [0.1, 0.15) is 18.5 Å². The molecule has 0 heterocycles. The minimum Gasteiger partial charge on any atom is -0.491 e. The van der Waals surface area contributed by atoms with E-state index in [1.165, 1.54) is 0 Å². The van der Waals surface area contributed by atoms with Crippen LogP contribution < -0.4 is 10.1 Å². The Morgan fingerprint density at radius 2 is 2.24 bits per heavy atom. The lowest BCUT2D eigenvalue weighted by Crippen LogP contribution is -2.33. The molecule has 21 heavy (non-hydrogen) atoms. The van der Waals surface area contributed by atoms with Crippen molar-refractivity contribution in [1.82, 2.24) is 5.32 Å². The van der Waals surface area contributed by atoms with Crippen molar-refractivity contribution in [3.05, 3.63) is 40.9 Å². The largest absolute Gasteiger partial charge is 0.491 e. The van der Waals surface area contributed by atoms with Gasteiger partial charge in [-0.2, -0.15) is 0 Å². The Labute approximate surface area is 131 Å². The van der Waals surface area contributed by atoms with Crippen LogP contribution in [-0.2, 0) is 4.74 Å². The summed E-state index contributed by atoms with van der Waals surface area (Å²) in [5.41, 5.74) is 1.96. The smallest absolute Gasteiger partial charge is 0.119 e. The molecular formula is C16H24ClNO3. The molecule has 1 aromatic rings. The first kappa shape index (κ1) is 18.0. The lowest BCUT2D eigenvalue weighted by Gasteiger charge is -2.14. The molecule has 0 aliphatic heterocycles. The second-order valence-corrected chi connectivity index (χ2v) is 5.50. The molecule has 4 nitrogen and oxygen atoms in total. The molecule has 1 unspecified atom stereocenters. The molecule has 2 N–H and O–H groups in total. The standard InChI is InChI=1S/C16H24ClNO3/c1-12(2)10-20-7-6-18-9-14(19)11-21-15-4-5-16(17)13(3)8-15/h4-5,8,14,18-19H,1,6-7,9-11H2,2-3H3. The maximum Gasteiger partial charge on any atom is 0.119 e. The van der Waals surface area contributed by atoms with Gasteiger partial charge < -0.3 is 19.9 Å². The summed E-state index contributed by atoms with van der Waals surface area (Å²) in [5, 5.41) is 13.6. The number of benzene rings is 1. The molecule has 1 aromatic carbocycles. The number of halogens is 1. The maximum absolute atomic E-state index is 9.81. The Bertz CT molecular complexity index is 451. The van der Waals surface area contributed by atoms with Gasteiger partial charge in [-0.3, -0.25) is 0 Å². The van der Waals surface area contributed by atoms with Gasteiger partial charge >= 0.3 is 0 Å². The molecule has 0 saturated carbocycles. The van der Waals surface area contributed by atoms with E-state index in [-0.39, 0.29) is 6.61 Å². The molecule has 1 atom stereocenters. The van der Waals surface area contributed by atoms with Crippen molar-refractivity contribution in [2.75, 3.05) is 32.9 Å². The highest BCUT2D eigenvalue weighted by Crippen LogP contribution is 2.20. The van der Waals surface area contributed by atoms with Crippen LogP contribution in [0.5, 0.6) is 5.75 Å². The highest BCUT2D eigenvalue weighted by Gasteiger charge is 2.05. The van der Waals surface area contributed by atoms with E-state index in [0.29, 0.717) is 37.1 Å². The summed E-state index contributed by atoms with van der Waals surface area (Å²) in [6, 6.07) is 5.44. The summed E-state index contributed by atoms with van der Waals surface area (Å²) in [5.74, 6) is 0.709. The topological polar surface area (TPSA) is 50.7 Å². The second kappa shape index (κ2) is 9.79. The predicted octanol–water partition coefficient (Wildman–Crippen LogP) is 2.57. The molecule has 0 saturated heterocycles. The zero-order valence-electron chi connectivity index (χ0n) is 12.7. The third-order valence-corrected chi connectivity index (χ3v) is 3.15. The van der Waals surface area contributed by atoms with Crippen LogP contribution in [-0.4, -0.2) is 44.1 Å². The molecule has 0 fully saturated rings. The van der Waals surface area contributed by atoms with Crippen molar-refractivity contribution in [3.8, 4) is 5.75 Å². The third kappa shape index (κ3) is 8.07. The minimum atomic E-state index is -0.567. The number of rotatable bonds is 10. The zero-order valence-corrected chi connectivity index (χ0v) is 13.4. The zero-order chi connectivity index (χ0) is 15.7. The summed E-state index contributed by atoms with van der Waals surface area (Å²) in [6.45, 7) is 10.1. The highest BCUT2D eigenvalue weighted by molar-refractivity contribution is 6.31. The molecule has 0 aliphatic carbocycles. The van der Waals surface area contributed by atoms with Crippen molar-refractivity contribution in [2.45, 2.75) is 20.0 Å². The van der Waals surface area contributed by atoms with Crippen molar-refractivity contribution < 1.29 is 14.6 Å². The maximum atomic E-state index is 9.81. The lowest BCUT2D eigenvalue weighted by molar-refractivity contribution is 0.101. The third-order valence-electron chi connectivity index (χ3n) is 2.72. The fourth-order valence-corrected chi connectivity index (χ4v) is 1.74. The van der Waals surface area contributed by atoms with Crippen LogP contribution in [0.3, 0.4) is 0 Å². The van der Waals surface area contributed by atoms with E-state index in [2.05, 4.69) is 11.9 Å². The second-order valence-electron chi connectivity index (χ2n) is 5.09. The van der Waals surface area contributed by atoms with Gasteiger partial charge in [-0.05, 0) is 37.6 Å². The molecule has 1 rings (SSSR count).